The zero-order valence-corrected chi connectivity index (χ0v) is 29.2. The van der Waals surface area contributed by atoms with Crippen molar-refractivity contribution in [1.29, 1.82) is 0 Å². The zero-order valence-electron chi connectivity index (χ0n) is 29.2. The molecule has 0 N–H and O–H groups in total. The molecular weight excluding hydrogens is 500 g/mol. The monoisotopic (exact) mass is 579 g/mol. The van der Waals surface area contributed by atoms with Crippen molar-refractivity contribution in [1.82, 2.24) is 0 Å². The topological polar surface area (TPSA) is 26.3 Å². The molecule has 0 aliphatic heterocycles. The van der Waals surface area contributed by atoms with E-state index in [2.05, 4.69) is 27.7 Å². The summed E-state index contributed by atoms with van der Waals surface area (Å²) < 4.78 is 5.92. The lowest BCUT2D eigenvalue weighted by atomic mass is 9.80. The van der Waals surface area contributed by atoms with Gasteiger partial charge < -0.3 is 4.74 Å². The van der Waals surface area contributed by atoms with Crippen LogP contribution >= 0.6 is 0 Å². The highest BCUT2D eigenvalue weighted by atomic mass is 16.5. The molecule has 0 aliphatic rings. The van der Waals surface area contributed by atoms with Gasteiger partial charge in [-0.25, -0.2) is 0 Å². The van der Waals surface area contributed by atoms with E-state index < -0.39 is 0 Å². The molecule has 0 rings (SSSR count). The predicted molar refractivity (Wildman–Crippen MR) is 184 cm³/mol. The molecule has 0 aliphatic carbocycles. The van der Waals surface area contributed by atoms with E-state index in [4.69, 9.17) is 4.74 Å². The van der Waals surface area contributed by atoms with E-state index in [-0.39, 0.29) is 11.4 Å². The molecule has 0 aromatic heterocycles. The van der Waals surface area contributed by atoms with Crippen molar-refractivity contribution in [3.63, 3.8) is 0 Å². The van der Waals surface area contributed by atoms with Crippen LogP contribution < -0.4 is 0 Å². The van der Waals surface area contributed by atoms with Gasteiger partial charge in [0, 0.05) is 11.8 Å². The van der Waals surface area contributed by atoms with Gasteiger partial charge in [0.25, 0.3) is 0 Å². The third-order valence-electron chi connectivity index (χ3n) is 9.33. The van der Waals surface area contributed by atoms with Crippen LogP contribution in [0.1, 0.15) is 233 Å². The van der Waals surface area contributed by atoms with Gasteiger partial charge in [-0.15, -0.1) is 0 Å². The van der Waals surface area contributed by atoms with Crippen LogP contribution in [0.3, 0.4) is 0 Å². The molecule has 0 aromatic carbocycles. The van der Waals surface area contributed by atoms with Gasteiger partial charge in [-0.3, -0.25) is 4.79 Å². The largest absolute Gasteiger partial charge is 0.465 e. The van der Waals surface area contributed by atoms with Crippen molar-refractivity contribution in [2.75, 3.05) is 6.61 Å². The number of hydrogen-bond donors (Lipinski definition) is 0. The second-order valence-electron chi connectivity index (χ2n) is 13.9. The number of esters is 1. The normalized spacial score (nSPS) is 13.0. The highest BCUT2D eigenvalue weighted by Crippen LogP contribution is 2.32. The summed E-state index contributed by atoms with van der Waals surface area (Å²) in [6.07, 6.45) is 42.3. The molecule has 1 atom stereocenters. The Morgan fingerprint density at radius 1 is 0.415 bits per heavy atom. The molecule has 2 heteroatoms. The number of hydrogen-bond acceptors (Lipinski definition) is 2. The second-order valence-corrected chi connectivity index (χ2v) is 13.9. The van der Waals surface area contributed by atoms with E-state index in [1.807, 2.05) is 0 Å². The Morgan fingerprint density at radius 3 is 1.00 bits per heavy atom. The summed E-state index contributed by atoms with van der Waals surface area (Å²) in [5.74, 6) is 0.0474. The molecular formula is C39H78O2. The first-order valence-corrected chi connectivity index (χ1v) is 19.2. The number of carbonyl (C=O) groups excluding carboxylic acids is 1. The Morgan fingerprint density at radius 2 is 0.683 bits per heavy atom. The fraction of sp³-hybridized carbons (Fsp3) is 0.974. The molecule has 0 heterocycles. The van der Waals surface area contributed by atoms with Gasteiger partial charge in [0.2, 0.25) is 0 Å². The molecule has 1 unspecified atom stereocenters. The minimum absolute atomic E-state index is 0.0474. The lowest BCUT2D eigenvalue weighted by Gasteiger charge is -2.29. The standard InChI is InChI=1S/C39H78O2/c1-5-8-11-14-17-20-22-23-25-28-31-34-38(40)41-37-39(4,35-32-29-26-19-16-13-10-7-3)36-33-30-27-24-21-18-15-12-9-6-2/h5-37H2,1-4H3. The lowest BCUT2D eigenvalue weighted by Crippen LogP contribution is -2.25. The molecule has 0 amide bonds. The smallest absolute Gasteiger partial charge is 0.305 e. The summed E-state index contributed by atoms with van der Waals surface area (Å²) in [6, 6.07) is 0. The Hall–Kier alpha value is -0.530. The summed E-state index contributed by atoms with van der Waals surface area (Å²) in [7, 11) is 0. The van der Waals surface area contributed by atoms with Gasteiger partial charge in [0.05, 0.1) is 6.61 Å². The summed E-state index contributed by atoms with van der Waals surface area (Å²) in [5.41, 5.74) is 0.162. The van der Waals surface area contributed by atoms with Crippen LogP contribution in [-0.2, 0) is 9.53 Å². The Balaban J connectivity index is 4.15. The summed E-state index contributed by atoms with van der Waals surface area (Å²) in [4.78, 5) is 12.6. The molecule has 246 valence electrons. The average molecular weight is 579 g/mol. The Kier molecular flexibility index (Phi) is 32.0. The van der Waals surface area contributed by atoms with Crippen LogP contribution in [0.5, 0.6) is 0 Å². The van der Waals surface area contributed by atoms with Crippen molar-refractivity contribution >= 4 is 5.97 Å². The minimum atomic E-state index is 0.0474. The Bertz CT molecular complexity index is 516. The maximum absolute atomic E-state index is 12.6. The summed E-state index contributed by atoms with van der Waals surface area (Å²) in [6.45, 7) is 9.91. The van der Waals surface area contributed by atoms with Gasteiger partial charge in [-0.05, 0) is 19.3 Å². The van der Waals surface area contributed by atoms with Crippen molar-refractivity contribution in [2.45, 2.75) is 233 Å². The highest BCUT2D eigenvalue weighted by molar-refractivity contribution is 5.69. The first kappa shape index (κ1) is 40.5. The molecule has 0 fully saturated rings. The van der Waals surface area contributed by atoms with E-state index in [0.717, 1.165) is 6.42 Å². The van der Waals surface area contributed by atoms with E-state index in [9.17, 15) is 4.79 Å². The van der Waals surface area contributed by atoms with Crippen molar-refractivity contribution in [3.05, 3.63) is 0 Å². The minimum Gasteiger partial charge on any atom is -0.465 e. The zero-order chi connectivity index (χ0) is 30.1. The van der Waals surface area contributed by atoms with Crippen molar-refractivity contribution in [3.8, 4) is 0 Å². The van der Waals surface area contributed by atoms with E-state index in [0.29, 0.717) is 13.0 Å². The first-order chi connectivity index (χ1) is 20.1. The molecule has 0 bridgehead atoms. The van der Waals surface area contributed by atoms with E-state index in [1.54, 1.807) is 0 Å². The second kappa shape index (κ2) is 32.4. The molecule has 41 heavy (non-hydrogen) atoms. The van der Waals surface area contributed by atoms with Crippen LogP contribution in [0.25, 0.3) is 0 Å². The first-order valence-electron chi connectivity index (χ1n) is 19.2. The number of ether oxygens (including phenoxy) is 1. The van der Waals surface area contributed by atoms with Crippen molar-refractivity contribution < 1.29 is 9.53 Å². The van der Waals surface area contributed by atoms with Gasteiger partial charge in [0.1, 0.15) is 0 Å². The molecule has 0 saturated carbocycles. The van der Waals surface area contributed by atoms with Crippen LogP contribution in [0.15, 0.2) is 0 Å². The highest BCUT2D eigenvalue weighted by Gasteiger charge is 2.25. The van der Waals surface area contributed by atoms with Crippen LogP contribution in [-0.4, -0.2) is 12.6 Å². The average Bonchev–Trinajstić information content (AvgIpc) is 2.97. The summed E-state index contributed by atoms with van der Waals surface area (Å²) in [5, 5.41) is 0. The molecule has 2 nitrogen and oxygen atoms in total. The van der Waals surface area contributed by atoms with Gasteiger partial charge in [-0.1, -0.05) is 207 Å². The molecule has 0 spiro atoms. The number of carbonyl (C=O) groups is 1. The van der Waals surface area contributed by atoms with Crippen LogP contribution in [0.2, 0.25) is 0 Å². The molecule has 0 radical (unpaired) electrons. The van der Waals surface area contributed by atoms with E-state index >= 15 is 0 Å². The van der Waals surface area contributed by atoms with Crippen LogP contribution in [0.4, 0.5) is 0 Å². The predicted octanol–water partition coefficient (Wildman–Crippen LogP) is 14.1. The fourth-order valence-corrected chi connectivity index (χ4v) is 6.25. The SMILES string of the molecule is CCCCCCCCCCCCCC(=O)OCC(C)(CCCCCCCCCC)CCCCCCCCCCCC. The number of rotatable bonds is 34. The van der Waals surface area contributed by atoms with Gasteiger partial charge in [-0.2, -0.15) is 0 Å². The molecule has 0 aromatic rings. The molecule has 0 saturated heterocycles. The maximum Gasteiger partial charge on any atom is 0.305 e. The quantitative estimate of drug-likeness (QED) is 0.0560. The fourth-order valence-electron chi connectivity index (χ4n) is 6.25. The summed E-state index contributed by atoms with van der Waals surface area (Å²) >= 11 is 0. The van der Waals surface area contributed by atoms with E-state index in [1.165, 1.54) is 193 Å². The van der Waals surface area contributed by atoms with Crippen molar-refractivity contribution in [2.24, 2.45) is 5.41 Å². The third-order valence-corrected chi connectivity index (χ3v) is 9.33. The lowest BCUT2D eigenvalue weighted by molar-refractivity contribution is -0.147. The Labute approximate surface area is 260 Å². The third kappa shape index (κ3) is 30.7. The maximum atomic E-state index is 12.6. The van der Waals surface area contributed by atoms with Crippen LogP contribution in [0, 0.1) is 5.41 Å². The number of unbranched alkanes of at least 4 members (excludes halogenated alkanes) is 26. The van der Waals surface area contributed by atoms with Gasteiger partial charge in [0.15, 0.2) is 0 Å². The van der Waals surface area contributed by atoms with Gasteiger partial charge >= 0.3 is 5.97 Å².